The van der Waals surface area contributed by atoms with Crippen LogP contribution in [0, 0.1) is 6.92 Å². The molecule has 0 aliphatic carbocycles. The molecule has 1 heterocycles. The second-order valence-corrected chi connectivity index (χ2v) is 5.62. The van der Waals surface area contributed by atoms with Crippen molar-refractivity contribution in [2.75, 3.05) is 0 Å². The third-order valence-electron chi connectivity index (χ3n) is 3.02. The van der Waals surface area contributed by atoms with Gasteiger partial charge in [-0.25, -0.2) is 0 Å². The van der Waals surface area contributed by atoms with E-state index >= 15 is 0 Å². The number of unbranched alkanes of at least 4 members (excludes halogenated alkanes) is 3. The molecule has 0 spiro atoms. The first-order valence-electron chi connectivity index (χ1n) is 6.33. The van der Waals surface area contributed by atoms with E-state index in [4.69, 9.17) is 0 Å². The van der Waals surface area contributed by atoms with Crippen LogP contribution in [-0.2, 0) is 6.54 Å². The highest BCUT2D eigenvalue weighted by molar-refractivity contribution is 7.13. The predicted molar refractivity (Wildman–Crippen MR) is 75.0 cm³/mol. The first-order valence-corrected chi connectivity index (χ1v) is 7.10. The number of hydrogen-bond donors (Lipinski definition) is 0. The van der Waals surface area contributed by atoms with Gasteiger partial charge in [-0.05, 0) is 25.5 Å². The van der Waals surface area contributed by atoms with Gasteiger partial charge in [-0.15, -0.1) is 0 Å². The molecular weight excluding hydrogens is 230 g/mol. The van der Waals surface area contributed by atoms with E-state index in [1.807, 2.05) is 16.9 Å². The second-order valence-electron chi connectivity index (χ2n) is 4.56. The molecule has 0 N–H and O–H groups in total. The molecule has 0 bridgehead atoms. The number of aryl methyl sites for hydroxylation is 2. The molecule has 0 atom stereocenters. The fourth-order valence-corrected chi connectivity index (χ4v) is 3.03. The maximum Gasteiger partial charge on any atom is 0.268 e. The number of fused-ring (bicyclic) bond motifs is 1. The van der Waals surface area contributed by atoms with Crippen molar-refractivity contribution in [1.29, 1.82) is 0 Å². The molecule has 2 rings (SSSR count). The highest BCUT2D eigenvalue weighted by atomic mass is 32.1. The van der Waals surface area contributed by atoms with Crippen molar-refractivity contribution in [2.24, 2.45) is 0 Å². The van der Waals surface area contributed by atoms with Crippen LogP contribution in [0.3, 0.4) is 0 Å². The second kappa shape index (κ2) is 5.50. The number of nitrogens with zero attached hydrogens (tertiary/aromatic N) is 1. The Labute approximate surface area is 106 Å². The van der Waals surface area contributed by atoms with E-state index in [9.17, 15) is 4.79 Å². The van der Waals surface area contributed by atoms with Crippen LogP contribution in [0.25, 0.3) is 10.1 Å². The van der Waals surface area contributed by atoms with Crippen molar-refractivity contribution in [1.82, 2.24) is 3.96 Å². The first-order chi connectivity index (χ1) is 8.22. The molecule has 92 valence electrons. The maximum absolute atomic E-state index is 12.1. The Hall–Kier alpha value is -1.09. The summed E-state index contributed by atoms with van der Waals surface area (Å²) in [5, 5.41) is 0.880. The lowest BCUT2D eigenvalue weighted by Crippen LogP contribution is -2.12. The molecule has 0 amide bonds. The molecular formula is C14H19NOS. The molecule has 0 aliphatic heterocycles. The van der Waals surface area contributed by atoms with Crippen molar-refractivity contribution >= 4 is 21.6 Å². The van der Waals surface area contributed by atoms with Crippen LogP contribution in [0.4, 0.5) is 0 Å². The fraction of sp³-hybridized carbons (Fsp3) is 0.500. The van der Waals surface area contributed by atoms with E-state index in [1.165, 1.54) is 19.3 Å². The number of aromatic nitrogens is 1. The molecule has 1 aromatic heterocycles. The molecule has 0 aliphatic rings. The number of hydrogen-bond acceptors (Lipinski definition) is 2. The summed E-state index contributed by atoms with van der Waals surface area (Å²) in [6, 6.07) is 6.12. The highest BCUT2D eigenvalue weighted by Gasteiger charge is 2.06. The van der Waals surface area contributed by atoms with Crippen LogP contribution in [0.1, 0.15) is 38.2 Å². The molecule has 2 aromatic rings. The Bertz CT molecular complexity index is 553. The van der Waals surface area contributed by atoms with Crippen molar-refractivity contribution in [2.45, 2.75) is 46.1 Å². The van der Waals surface area contributed by atoms with Gasteiger partial charge < -0.3 is 0 Å². The number of benzene rings is 1. The fourth-order valence-electron chi connectivity index (χ4n) is 2.01. The minimum Gasteiger partial charge on any atom is -0.268 e. The molecule has 0 saturated heterocycles. The third kappa shape index (κ3) is 2.78. The van der Waals surface area contributed by atoms with E-state index in [2.05, 4.69) is 19.1 Å². The Kier molecular flexibility index (Phi) is 4.00. The van der Waals surface area contributed by atoms with Gasteiger partial charge in [-0.2, -0.15) is 0 Å². The van der Waals surface area contributed by atoms with Crippen LogP contribution < -0.4 is 5.56 Å². The summed E-state index contributed by atoms with van der Waals surface area (Å²) < 4.78 is 3.01. The Morgan fingerprint density at radius 1 is 1.24 bits per heavy atom. The van der Waals surface area contributed by atoms with Gasteiger partial charge in [-0.1, -0.05) is 49.3 Å². The van der Waals surface area contributed by atoms with Gasteiger partial charge in [0.15, 0.2) is 0 Å². The van der Waals surface area contributed by atoms with E-state index in [-0.39, 0.29) is 5.56 Å². The molecule has 1 aromatic carbocycles. The Balaban J connectivity index is 2.18. The van der Waals surface area contributed by atoms with E-state index < -0.39 is 0 Å². The summed E-state index contributed by atoms with van der Waals surface area (Å²) in [5.41, 5.74) is 1.34. The molecule has 3 heteroatoms. The zero-order valence-electron chi connectivity index (χ0n) is 10.5. The quantitative estimate of drug-likeness (QED) is 0.735. The van der Waals surface area contributed by atoms with Crippen LogP contribution in [0.15, 0.2) is 23.0 Å². The number of rotatable bonds is 5. The SMILES string of the molecule is CCCCCCn1sc2ccc(C)cc2c1=O. The van der Waals surface area contributed by atoms with E-state index in [0.29, 0.717) is 0 Å². The molecule has 0 unspecified atom stereocenters. The summed E-state index contributed by atoms with van der Waals surface area (Å²) in [4.78, 5) is 12.1. The standard InChI is InChI=1S/C14H19NOS/c1-3-4-5-6-9-15-14(16)12-10-11(2)7-8-13(12)17-15/h7-8,10H,3-6,9H2,1-2H3. The summed E-state index contributed by atoms with van der Waals surface area (Å²) in [6.07, 6.45) is 4.83. The zero-order chi connectivity index (χ0) is 12.3. The average molecular weight is 249 g/mol. The maximum atomic E-state index is 12.1. The van der Waals surface area contributed by atoms with Crippen LogP contribution in [-0.4, -0.2) is 3.96 Å². The third-order valence-corrected chi connectivity index (χ3v) is 4.14. The largest absolute Gasteiger partial charge is 0.268 e. The monoisotopic (exact) mass is 249 g/mol. The Morgan fingerprint density at radius 2 is 2.06 bits per heavy atom. The van der Waals surface area contributed by atoms with Gasteiger partial charge in [0.05, 0.1) is 10.1 Å². The van der Waals surface area contributed by atoms with Crippen molar-refractivity contribution < 1.29 is 0 Å². The zero-order valence-corrected chi connectivity index (χ0v) is 11.3. The normalized spacial score (nSPS) is 11.2. The van der Waals surface area contributed by atoms with Crippen LogP contribution in [0.2, 0.25) is 0 Å². The van der Waals surface area contributed by atoms with E-state index in [1.54, 1.807) is 11.5 Å². The van der Waals surface area contributed by atoms with Crippen molar-refractivity contribution in [3.8, 4) is 0 Å². The first kappa shape index (κ1) is 12.4. The molecule has 0 saturated carbocycles. The Morgan fingerprint density at radius 3 is 2.82 bits per heavy atom. The lowest BCUT2D eigenvalue weighted by atomic mass is 10.2. The van der Waals surface area contributed by atoms with Gasteiger partial charge >= 0.3 is 0 Å². The van der Waals surface area contributed by atoms with Gasteiger partial charge in [0.2, 0.25) is 0 Å². The summed E-state index contributed by atoms with van der Waals surface area (Å²) >= 11 is 1.59. The molecule has 17 heavy (non-hydrogen) atoms. The lowest BCUT2D eigenvalue weighted by Gasteiger charge is -1.99. The minimum atomic E-state index is 0.185. The molecule has 0 radical (unpaired) electrons. The van der Waals surface area contributed by atoms with Crippen molar-refractivity contribution in [3.63, 3.8) is 0 Å². The van der Waals surface area contributed by atoms with Crippen molar-refractivity contribution in [3.05, 3.63) is 34.1 Å². The van der Waals surface area contributed by atoms with E-state index in [0.717, 1.165) is 28.6 Å². The topological polar surface area (TPSA) is 22.0 Å². The van der Waals surface area contributed by atoms with Gasteiger partial charge in [0.25, 0.3) is 5.56 Å². The predicted octanol–water partition coefficient (Wildman–Crippen LogP) is 3.95. The molecule has 2 nitrogen and oxygen atoms in total. The minimum absolute atomic E-state index is 0.185. The highest BCUT2D eigenvalue weighted by Crippen LogP contribution is 2.18. The van der Waals surface area contributed by atoms with Gasteiger partial charge in [0.1, 0.15) is 0 Å². The van der Waals surface area contributed by atoms with Gasteiger partial charge in [-0.3, -0.25) is 8.75 Å². The smallest absolute Gasteiger partial charge is 0.268 e. The van der Waals surface area contributed by atoms with Gasteiger partial charge in [0, 0.05) is 6.54 Å². The average Bonchev–Trinajstić information content (AvgIpc) is 2.62. The van der Waals surface area contributed by atoms with Crippen LogP contribution >= 0.6 is 11.5 Å². The summed E-state index contributed by atoms with van der Waals surface area (Å²) in [7, 11) is 0. The summed E-state index contributed by atoms with van der Waals surface area (Å²) in [5.74, 6) is 0. The summed E-state index contributed by atoms with van der Waals surface area (Å²) in [6.45, 7) is 5.10. The lowest BCUT2D eigenvalue weighted by molar-refractivity contribution is 0.600. The molecule has 0 fully saturated rings. The van der Waals surface area contributed by atoms with Crippen LogP contribution in [0.5, 0.6) is 0 Å².